The molecule has 1 aromatic carbocycles. The maximum Gasteiger partial charge on any atom is 0.357 e. The highest BCUT2D eigenvalue weighted by Gasteiger charge is 2.27. The number of aromatic carboxylic acids is 1. The molecule has 106 valence electrons. The second-order valence-electron chi connectivity index (χ2n) is 3.87. The highest BCUT2D eigenvalue weighted by molar-refractivity contribution is 7.91. The Bertz CT molecular complexity index is 823. The van der Waals surface area contributed by atoms with Crippen LogP contribution in [0, 0.1) is 5.82 Å². The molecule has 0 bridgehead atoms. The Morgan fingerprint density at radius 2 is 2.05 bits per heavy atom. The summed E-state index contributed by atoms with van der Waals surface area (Å²) in [6.07, 6.45) is 0. The molecule has 2 aromatic rings. The number of fused-ring (bicyclic) bond motifs is 1. The van der Waals surface area contributed by atoms with E-state index in [9.17, 15) is 17.6 Å². The molecule has 0 atom stereocenters. The van der Waals surface area contributed by atoms with Crippen molar-refractivity contribution in [1.82, 2.24) is 10.2 Å². The predicted octanol–water partition coefficient (Wildman–Crippen LogP) is 1.91. The molecule has 0 fully saturated rings. The summed E-state index contributed by atoms with van der Waals surface area (Å²) in [7, 11) is -3.92. The van der Waals surface area contributed by atoms with E-state index in [0.29, 0.717) is 0 Å². The predicted molar refractivity (Wildman–Crippen MR) is 69.2 cm³/mol. The standard InChI is InChI=1S/C11H8ClFN2O4S/c1-2-20(18,19)10-5-3-7(13)6(12)4-8(5)14-15-9(10)11(16)17/h3-4H,2H2,1H3,(H,16,17). The van der Waals surface area contributed by atoms with Gasteiger partial charge in [-0.15, -0.1) is 10.2 Å². The van der Waals surface area contributed by atoms with E-state index < -0.39 is 32.2 Å². The summed E-state index contributed by atoms with van der Waals surface area (Å²) < 4.78 is 37.6. The number of rotatable bonds is 3. The van der Waals surface area contributed by atoms with Crippen LogP contribution in [0.1, 0.15) is 17.4 Å². The molecule has 1 heterocycles. The lowest BCUT2D eigenvalue weighted by Crippen LogP contribution is -2.15. The summed E-state index contributed by atoms with van der Waals surface area (Å²) in [5, 5.41) is 15.6. The smallest absolute Gasteiger partial charge is 0.357 e. The van der Waals surface area contributed by atoms with Gasteiger partial charge >= 0.3 is 5.97 Å². The van der Waals surface area contributed by atoms with Crippen molar-refractivity contribution in [2.75, 3.05) is 5.75 Å². The third-order valence-electron chi connectivity index (χ3n) is 2.65. The van der Waals surface area contributed by atoms with Crippen LogP contribution in [0.25, 0.3) is 10.9 Å². The van der Waals surface area contributed by atoms with Crippen LogP contribution in [0.15, 0.2) is 17.0 Å². The number of carboxylic acid groups (broad SMARTS) is 1. The van der Waals surface area contributed by atoms with Crippen molar-refractivity contribution < 1.29 is 22.7 Å². The number of sulfone groups is 1. The van der Waals surface area contributed by atoms with Crippen LogP contribution in [-0.4, -0.2) is 35.4 Å². The number of benzene rings is 1. The van der Waals surface area contributed by atoms with Crippen molar-refractivity contribution in [2.24, 2.45) is 0 Å². The Balaban J connectivity index is 3.02. The van der Waals surface area contributed by atoms with E-state index in [0.717, 1.165) is 12.1 Å². The van der Waals surface area contributed by atoms with Gasteiger partial charge in [-0.3, -0.25) is 0 Å². The minimum absolute atomic E-state index is 0.00780. The van der Waals surface area contributed by atoms with E-state index in [1.54, 1.807) is 0 Å². The summed E-state index contributed by atoms with van der Waals surface area (Å²) in [5.74, 6) is -2.77. The summed E-state index contributed by atoms with van der Waals surface area (Å²) in [6.45, 7) is 1.35. The SMILES string of the molecule is CCS(=O)(=O)c1c(C(=O)O)nnc2cc(Cl)c(F)cc12. The fourth-order valence-electron chi connectivity index (χ4n) is 1.68. The monoisotopic (exact) mass is 318 g/mol. The Morgan fingerprint density at radius 3 is 2.60 bits per heavy atom. The molecule has 0 saturated carbocycles. The molecule has 0 aliphatic carbocycles. The first-order valence-electron chi connectivity index (χ1n) is 5.39. The Hall–Kier alpha value is -1.80. The van der Waals surface area contributed by atoms with Gasteiger partial charge in [0.05, 0.1) is 16.3 Å². The normalized spacial score (nSPS) is 11.8. The molecular weight excluding hydrogens is 311 g/mol. The molecule has 2 rings (SSSR count). The molecule has 1 aromatic heterocycles. The van der Waals surface area contributed by atoms with E-state index >= 15 is 0 Å². The summed E-state index contributed by atoms with van der Waals surface area (Å²) >= 11 is 5.58. The lowest BCUT2D eigenvalue weighted by atomic mass is 10.2. The van der Waals surface area contributed by atoms with Gasteiger partial charge in [0.2, 0.25) is 0 Å². The van der Waals surface area contributed by atoms with Crippen LogP contribution in [-0.2, 0) is 9.84 Å². The van der Waals surface area contributed by atoms with E-state index in [4.69, 9.17) is 16.7 Å². The van der Waals surface area contributed by atoms with Crippen LogP contribution in [0.2, 0.25) is 5.02 Å². The first-order valence-corrected chi connectivity index (χ1v) is 7.42. The van der Waals surface area contributed by atoms with Gasteiger partial charge in [-0.05, 0) is 12.1 Å². The van der Waals surface area contributed by atoms with E-state index in [2.05, 4.69) is 10.2 Å². The average Bonchev–Trinajstić information content (AvgIpc) is 2.38. The molecule has 0 saturated heterocycles. The average molecular weight is 319 g/mol. The summed E-state index contributed by atoms with van der Waals surface area (Å²) in [5.41, 5.74) is -0.727. The zero-order chi connectivity index (χ0) is 15.1. The van der Waals surface area contributed by atoms with Gasteiger partial charge < -0.3 is 5.11 Å². The van der Waals surface area contributed by atoms with Crippen molar-refractivity contribution in [2.45, 2.75) is 11.8 Å². The van der Waals surface area contributed by atoms with Gasteiger partial charge in [0.25, 0.3) is 0 Å². The fourth-order valence-corrected chi connectivity index (χ4v) is 3.04. The molecule has 0 spiro atoms. The maximum atomic E-state index is 13.5. The number of carboxylic acids is 1. The third-order valence-corrected chi connectivity index (χ3v) is 4.73. The number of halogens is 2. The molecular formula is C11H8ClFN2O4S. The van der Waals surface area contributed by atoms with E-state index in [1.807, 2.05) is 0 Å². The molecule has 0 aliphatic rings. The van der Waals surface area contributed by atoms with Gasteiger partial charge in [-0.1, -0.05) is 18.5 Å². The second-order valence-corrected chi connectivity index (χ2v) is 6.49. The van der Waals surface area contributed by atoms with Crippen molar-refractivity contribution in [3.8, 4) is 0 Å². The number of hydrogen-bond donors (Lipinski definition) is 1. The minimum Gasteiger partial charge on any atom is -0.476 e. The highest BCUT2D eigenvalue weighted by atomic mass is 35.5. The topological polar surface area (TPSA) is 97.2 Å². The molecule has 0 amide bonds. The first-order chi connectivity index (χ1) is 9.27. The lowest BCUT2D eigenvalue weighted by Gasteiger charge is -2.09. The quantitative estimate of drug-likeness (QED) is 0.928. The molecule has 9 heteroatoms. The largest absolute Gasteiger partial charge is 0.476 e. The lowest BCUT2D eigenvalue weighted by molar-refractivity contribution is 0.0685. The Labute approximate surface area is 118 Å². The molecule has 1 N–H and O–H groups in total. The van der Waals surface area contributed by atoms with Crippen molar-refractivity contribution in [3.63, 3.8) is 0 Å². The van der Waals surface area contributed by atoms with Crippen molar-refractivity contribution in [3.05, 3.63) is 28.7 Å². The zero-order valence-electron chi connectivity index (χ0n) is 10.1. The van der Waals surface area contributed by atoms with Gasteiger partial charge in [-0.25, -0.2) is 17.6 Å². The van der Waals surface area contributed by atoms with E-state index in [1.165, 1.54) is 6.92 Å². The highest BCUT2D eigenvalue weighted by Crippen LogP contribution is 2.28. The maximum absolute atomic E-state index is 13.5. The van der Waals surface area contributed by atoms with Crippen LogP contribution in [0.3, 0.4) is 0 Å². The molecule has 6 nitrogen and oxygen atoms in total. The number of hydrogen-bond acceptors (Lipinski definition) is 5. The third kappa shape index (κ3) is 2.32. The van der Waals surface area contributed by atoms with E-state index in [-0.39, 0.29) is 21.7 Å². The Kier molecular flexibility index (Phi) is 3.61. The number of carbonyl (C=O) groups is 1. The van der Waals surface area contributed by atoms with Crippen LogP contribution in [0.5, 0.6) is 0 Å². The van der Waals surface area contributed by atoms with Crippen molar-refractivity contribution in [1.29, 1.82) is 0 Å². The van der Waals surface area contributed by atoms with Gasteiger partial charge in [0, 0.05) is 5.39 Å². The molecule has 0 radical (unpaired) electrons. The van der Waals surface area contributed by atoms with Gasteiger partial charge in [0.15, 0.2) is 15.5 Å². The van der Waals surface area contributed by atoms with Crippen molar-refractivity contribution >= 4 is 38.3 Å². The minimum atomic E-state index is -3.92. The second kappa shape index (κ2) is 4.95. The van der Waals surface area contributed by atoms with Crippen LogP contribution in [0.4, 0.5) is 4.39 Å². The zero-order valence-corrected chi connectivity index (χ0v) is 11.7. The summed E-state index contributed by atoms with van der Waals surface area (Å²) in [4.78, 5) is 10.5. The Morgan fingerprint density at radius 1 is 1.40 bits per heavy atom. The first kappa shape index (κ1) is 14.6. The molecule has 0 unspecified atom stereocenters. The molecule has 20 heavy (non-hydrogen) atoms. The number of nitrogens with zero attached hydrogens (tertiary/aromatic N) is 2. The fraction of sp³-hybridized carbons (Fsp3) is 0.182. The molecule has 0 aliphatic heterocycles. The van der Waals surface area contributed by atoms with Crippen LogP contribution >= 0.6 is 11.6 Å². The summed E-state index contributed by atoms with van der Waals surface area (Å²) in [6, 6.07) is 1.95. The van der Waals surface area contributed by atoms with Gasteiger partial charge in [-0.2, -0.15) is 0 Å². The van der Waals surface area contributed by atoms with Gasteiger partial charge in [0.1, 0.15) is 10.7 Å². The number of aromatic nitrogens is 2. The van der Waals surface area contributed by atoms with Crippen LogP contribution < -0.4 is 0 Å².